The van der Waals surface area contributed by atoms with Gasteiger partial charge in [-0.1, -0.05) is 29.4 Å². The van der Waals surface area contributed by atoms with Crippen molar-refractivity contribution >= 4 is 0 Å². The minimum atomic E-state index is 1.10. The fourth-order valence-electron chi connectivity index (χ4n) is 1.09. The second-order valence-corrected chi connectivity index (χ2v) is 3.55. The van der Waals surface area contributed by atoms with Gasteiger partial charge in [-0.3, -0.25) is 0 Å². The average Bonchev–Trinajstić information content (AvgIpc) is 2.14. The third kappa shape index (κ3) is 7.58. The smallest absolute Gasteiger partial charge is 0.0286 e. The Labute approximate surface area is 83.0 Å². The normalized spacial score (nSPS) is 13.2. The summed E-state index contributed by atoms with van der Waals surface area (Å²) < 4.78 is 0. The predicted molar refractivity (Wildman–Crippen MR) is 61.9 cm³/mol. The van der Waals surface area contributed by atoms with E-state index in [-0.39, 0.29) is 0 Å². The Morgan fingerprint density at radius 1 is 1.08 bits per heavy atom. The summed E-state index contributed by atoms with van der Waals surface area (Å²) in [6.07, 6.45) is 11.1. The van der Waals surface area contributed by atoms with Crippen molar-refractivity contribution in [3.63, 3.8) is 0 Å². The van der Waals surface area contributed by atoms with E-state index in [4.69, 9.17) is 0 Å². The van der Waals surface area contributed by atoms with Crippen molar-refractivity contribution in [2.24, 2.45) is 0 Å². The SMILES string of the molecule is C=CCC/C=C(\C)CCC(C)=CC. The number of hydrogen-bond donors (Lipinski definition) is 0. The van der Waals surface area contributed by atoms with E-state index < -0.39 is 0 Å². The average molecular weight is 178 g/mol. The summed E-state index contributed by atoms with van der Waals surface area (Å²) >= 11 is 0. The molecule has 0 N–H and O–H groups in total. The number of hydrogen-bond acceptors (Lipinski definition) is 0. The van der Waals surface area contributed by atoms with Crippen LogP contribution >= 0.6 is 0 Å². The summed E-state index contributed by atoms with van der Waals surface area (Å²) in [6, 6.07) is 0. The Morgan fingerprint density at radius 2 is 1.69 bits per heavy atom. The number of unbranched alkanes of at least 4 members (excludes halogenated alkanes) is 1. The molecule has 0 saturated carbocycles. The van der Waals surface area contributed by atoms with Gasteiger partial charge in [-0.05, 0) is 46.5 Å². The van der Waals surface area contributed by atoms with Crippen LogP contribution in [0.2, 0.25) is 0 Å². The molecule has 0 radical (unpaired) electrons. The van der Waals surface area contributed by atoms with Crippen LogP contribution in [0.1, 0.15) is 46.5 Å². The maximum absolute atomic E-state index is 3.71. The van der Waals surface area contributed by atoms with Crippen molar-refractivity contribution in [1.29, 1.82) is 0 Å². The molecule has 0 unspecified atom stereocenters. The first-order valence-electron chi connectivity index (χ1n) is 5.09. The van der Waals surface area contributed by atoms with Crippen molar-refractivity contribution in [2.45, 2.75) is 46.5 Å². The Kier molecular flexibility index (Phi) is 7.38. The van der Waals surface area contributed by atoms with Gasteiger partial charge in [-0.15, -0.1) is 6.58 Å². The molecule has 0 aromatic heterocycles. The van der Waals surface area contributed by atoms with Crippen molar-refractivity contribution in [3.8, 4) is 0 Å². The van der Waals surface area contributed by atoms with E-state index in [0.717, 1.165) is 12.8 Å². The van der Waals surface area contributed by atoms with Gasteiger partial charge in [-0.2, -0.15) is 0 Å². The van der Waals surface area contributed by atoms with Crippen LogP contribution < -0.4 is 0 Å². The summed E-state index contributed by atoms with van der Waals surface area (Å²) in [6.45, 7) is 10.2. The van der Waals surface area contributed by atoms with Gasteiger partial charge in [0, 0.05) is 0 Å². The lowest BCUT2D eigenvalue weighted by Gasteiger charge is -2.01. The zero-order valence-electron chi connectivity index (χ0n) is 9.27. The van der Waals surface area contributed by atoms with Gasteiger partial charge in [0.15, 0.2) is 0 Å². The largest absolute Gasteiger partial charge is 0.103 e. The quantitative estimate of drug-likeness (QED) is 0.410. The summed E-state index contributed by atoms with van der Waals surface area (Å²) in [4.78, 5) is 0. The lowest BCUT2D eigenvalue weighted by molar-refractivity contribution is 0.903. The monoisotopic (exact) mass is 178 g/mol. The fraction of sp³-hybridized carbons (Fsp3) is 0.538. The highest BCUT2D eigenvalue weighted by Gasteiger charge is 1.91. The lowest BCUT2D eigenvalue weighted by atomic mass is 10.1. The second-order valence-electron chi connectivity index (χ2n) is 3.55. The van der Waals surface area contributed by atoms with Gasteiger partial charge < -0.3 is 0 Å². The Bertz CT molecular complexity index is 194. The molecule has 0 bridgehead atoms. The molecule has 13 heavy (non-hydrogen) atoms. The molecule has 0 heteroatoms. The zero-order valence-corrected chi connectivity index (χ0v) is 9.27. The van der Waals surface area contributed by atoms with E-state index in [1.165, 1.54) is 24.0 Å². The number of allylic oxidation sites excluding steroid dienone is 5. The van der Waals surface area contributed by atoms with E-state index >= 15 is 0 Å². The minimum absolute atomic E-state index is 1.10. The highest BCUT2D eigenvalue weighted by atomic mass is 14.0. The standard InChI is InChI=1S/C13H22/c1-5-7-8-9-13(4)11-10-12(3)6-2/h5-6,9H,1,7-8,10-11H2,2-4H3/b12-6?,13-9+. The molecule has 0 heterocycles. The van der Waals surface area contributed by atoms with Crippen LogP contribution in [-0.2, 0) is 0 Å². The molecule has 0 atom stereocenters. The Balaban J connectivity index is 3.66. The molecular formula is C13H22. The van der Waals surface area contributed by atoms with Crippen molar-refractivity contribution in [2.75, 3.05) is 0 Å². The van der Waals surface area contributed by atoms with E-state index in [1.54, 1.807) is 0 Å². The topological polar surface area (TPSA) is 0 Å². The van der Waals surface area contributed by atoms with Crippen molar-refractivity contribution in [3.05, 3.63) is 36.0 Å². The Hall–Kier alpha value is -0.780. The first-order valence-corrected chi connectivity index (χ1v) is 5.09. The van der Waals surface area contributed by atoms with E-state index in [2.05, 4.69) is 39.5 Å². The predicted octanol–water partition coefficient (Wildman–Crippen LogP) is 4.65. The van der Waals surface area contributed by atoms with Gasteiger partial charge in [0.05, 0.1) is 0 Å². The molecule has 0 spiro atoms. The van der Waals surface area contributed by atoms with Gasteiger partial charge in [-0.25, -0.2) is 0 Å². The van der Waals surface area contributed by atoms with E-state index in [1.807, 2.05) is 6.08 Å². The molecule has 0 aromatic rings. The zero-order chi connectivity index (χ0) is 10.1. The van der Waals surface area contributed by atoms with Crippen LogP contribution in [0.4, 0.5) is 0 Å². The van der Waals surface area contributed by atoms with Crippen LogP contribution in [0.3, 0.4) is 0 Å². The summed E-state index contributed by atoms with van der Waals surface area (Å²) in [5.74, 6) is 0. The molecule has 0 rings (SSSR count). The second kappa shape index (κ2) is 7.85. The maximum Gasteiger partial charge on any atom is -0.0286 e. The molecule has 0 aromatic carbocycles. The van der Waals surface area contributed by atoms with Crippen molar-refractivity contribution in [1.82, 2.24) is 0 Å². The summed E-state index contributed by atoms with van der Waals surface area (Å²) in [5.41, 5.74) is 2.99. The van der Waals surface area contributed by atoms with Crippen LogP contribution in [0.15, 0.2) is 36.0 Å². The van der Waals surface area contributed by atoms with Gasteiger partial charge in [0.2, 0.25) is 0 Å². The fourth-order valence-corrected chi connectivity index (χ4v) is 1.09. The van der Waals surface area contributed by atoms with Crippen molar-refractivity contribution < 1.29 is 0 Å². The lowest BCUT2D eigenvalue weighted by Crippen LogP contribution is -1.80. The van der Waals surface area contributed by atoms with Gasteiger partial charge in [0.1, 0.15) is 0 Å². The molecule has 0 aliphatic rings. The Morgan fingerprint density at radius 3 is 2.23 bits per heavy atom. The third-order valence-electron chi connectivity index (χ3n) is 2.27. The summed E-state index contributed by atoms with van der Waals surface area (Å²) in [7, 11) is 0. The first kappa shape index (κ1) is 12.2. The third-order valence-corrected chi connectivity index (χ3v) is 2.27. The highest BCUT2D eigenvalue weighted by molar-refractivity contribution is 5.04. The molecule has 0 fully saturated rings. The molecule has 0 saturated heterocycles. The molecule has 0 nitrogen and oxygen atoms in total. The van der Waals surface area contributed by atoms with E-state index in [0.29, 0.717) is 0 Å². The maximum atomic E-state index is 3.71. The van der Waals surface area contributed by atoms with Crippen LogP contribution in [-0.4, -0.2) is 0 Å². The van der Waals surface area contributed by atoms with Crippen LogP contribution in [0, 0.1) is 0 Å². The van der Waals surface area contributed by atoms with Crippen LogP contribution in [0.5, 0.6) is 0 Å². The van der Waals surface area contributed by atoms with E-state index in [9.17, 15) is 0 Å². The van der Waals surface area contributed by atoms with Gasteiger partial charge >= 0.3 is 0 Å². The minimum Gasteiger partial charge on any atom is -0.103 e. The summed E-state index contributed by atoms with van der Waals surface area (Å²) in [5, 5.41) is 0. The molecule has 0 aliphatic carbocycles. The number of rotatable bonds is 6. The van der Waals surface area contributed by atoms with Gasteiger partial charge in [0.25, 0.3) is 0 Å². The molecular weight excluding hydrogens is 156 g/mol. The molecule has 0 amide bonds. The highest BCUT2D eigenvalue weighted by Crippen LogP contribution is 2.11. The molecule has 0 aliphatic heterocycles. The molecule has 74 valence electrons. The van der Waals surface area contributed by atoms with Crippen LogP contribution in [0.25, 0.3) is 0 Å². The first-order chi connectivity index (χ1) is 6.20.